The topological polar surface area (TPSA) is 23.6 Å². The van der Waals surface area contributed by atoms with E-state index >= 15 is 0 Å². The van der Waals surface area contributed by atoms with Crippen LogP contribution in [-0.2, 0) is 0 Å². The predicted octanol–water partition coefficient (Wildman–Crippen LogP) is 0.968. The summed E-state index contributed by atoms with van der Waals surface area (Å²) in [5, 5.41) is 0. The Kier molecular flexibility index (Phi) is 2.74. The molecule has 1 rings (SSSR count). The third-order valence-corrected chi connectivity index (χ3v) is 1.86. The fourth-order valence-electron chi connectivity index (χ4n) is 1.22. The summed E-state index contributed by atoms with van der Waals surface area (Å²) in [5.41, 5.74) is 0. The maximum Gasteiger partial charge on any atom is 0.319 e. The molecule has 0 aromatic rings. The number of carbonyl (C=O) groups excluding carboxylic acids is 1. The first-order valence-electron chi connectivity index (χ1n) is 3.99. The second-order valence-electron chi connectivity index (χ2n) is 3.03. The number of rotatable bonds is 0. The van der Waals surface area contributed by atoms with Crippen molar-refractivity contribution in [2.45, 2.75) is 12.8 Å². The normalized spacial score (nSPS) is 18.2. The van der Waals surface area contributed by atoms with Crippen LogP contribution in [0.4, 0.5) is 4.79 Å². The molecule has 11 heavy (non-hydrogen) atoms. The molecule has 1 heterocycles. The number of piperidine rings is 1. The molecule has 0 aromatic carbocycles. The Balaban J connectivity index is 2.39. The van der Waals surface area contributed by atoms with Crippen LogP contribution < -0.4 is 0 Å². The Labute approximate surface area is 68.0 Å². The van der Waals surface area contributed by atoms with Gasteiger partial charge in [0.1, 0.15) is 0 Å². The van der Waals surface area contributed by atoms with Gasteiger partial charge in [-0.1, -0.05) is 0 Å². The predicted molar refractivity (Wildman–Crippen MR) is 44.2 cm³/mol. The van der Waals surface area contributed by atoms with Crippen LogP contribution in [0.3, 0.4) is 0 Å². The molecule has 0 saturated carbocycles. The number of likely N-dealkylation sites (tertiary alicyclic amines) is 1. The Bertz CT molecular complexity index is 139. The summed E-state index contributed by atoms with van der Waals surface area (Å²) in [5.74, 6) is 0. The van der Waals surface area contributed by atoms with Crippen LogP contribution in [0.15, 0.2) is 0 Å². The Morgan fingerprint density at radius 1 is 1.36 bits per heavy atom. The highest BCUT2D eigenvalue weighted by molar-refractivity contribution is 5.73. The lowest BCUT2D eigenvalue weighted by Gasteiger charge is -2.29. The van der Waals surface area contributed by atoms with E-state index in [-0.39, 0.29) is 6.03 Å². The Hall–Kier alpha value is -0.730. The molecule has 0 unspecified atom stereocenters. The highest BCUT2D eigenvalue weighted by Crippen LogP contribution is 2.08. The van der Waals surface area contributed by atoms with Crippen LogP contribution in [0, 0.1) is 6.42 Å². The third-order valence-electron chi connectivity index (χ3n) is 1.86. The van der Waals surface area contributed by atoms with E-state index in [1.807, 2.05) is 4.90 Å². The number of carbonyl (C=O) groups is 1. The summed E-state index contributed by atoms with van der Waals surface area (Å²) in [6.45, 7) is 1.77. The lowest BCUT2D eigenvalue weighted by molar-refractivity contribution is 0.166. The first-order chi connectivity index (χ1) is 5.22. The standard InChI is InChI=1S/C8H15N2O/c1-9(2)8(11)10-6-4-3-5-7-10/h3H,4-7H2,1-2H3. The van der Waals surface area contributed by atoms with Crippen molar-refractivity contribution in [1.29, 1.82) is 0 Å². The molecule has 0 N–H and O–H groups in total. The summed E-state index contributed by atoms with van der Waals surface area (Å²) in [4.78, 5) is 14.9. The second-order valence-corrected chi connectivity index (χ2v) is 3.03. The number of nitrogens with zero attached hydrogens (tertiary/aromatic N) is 2. The van der Waals surface area contributed by atoms with E-state index in [1.54, 1.807) is 19.0 Å². The molecule has 1 aliphatic rings. The van der Waals surface area contributed by atoms with Crippen molar-refractivity contribution in [3.05, 3.63) is 6.42 Å². The van der Waals surface area contributed by atoms with Crippen molar-refractivity contribution in [3.8, 4) is 0 Å². The molecule has 1 fully saturated rings. The van der Waals surface area contributed by atoms with Gasteiger partial charge in [-0.2, -0.15) is 0 Å². The van der Waals surface area contributed by atoms with Crippen LogP contribution in [0.5, 0.6) is 0 Å². The molecular weight excluding hydrogens is 140 g/mol. The molecule has 2 amide bonds. The highest BCUT2D eigenvalue weighted by atomic mass is 16.2. The van der Waals surface area contributed by atoms with E-state index in [2.05, 4.69) is 6.42 Å². The molecule has 3 heteroatoms. The molecule has 0 spiro atoms. The Morgan fingerprint density at radius 3 is 2.36 bits per heavy atom. The zero-order valence-electron chi connectivity index (χ0n) is 7.21. The van der Waals surface area contributed by atoms with Crippen LogP contribution in [0.2, 0.25) is 0 Å². The summed E-state index contributed by atoms with van der Waals surface area (Å²) in [6, 6.07) is 0.137. The van der Waals surface area contributed by atoms with Gasteiger partial charge in [-0.15, -0.1) is 0 Å². The van der Waals surface area contributed by atoms with Gasteiger partial charge < -0.3 is 9.80 Å². The minimum Gasteiger partial charge on any atom is -0.331 e. The van der Waals surface area contributed by atoms with E-state index in [0.29, 0.717) is 0 Å². The maximum absolute atomic E-state index is 11.3. The zero-order valence-corrected chi connectivity index (χ0v) is 7.21. The molecular formula is C8H15N2O. The second kappa shape index (κ2) is 3.60. The number of hydrogen-bond donors (Lipinski definition) is 0. The SMILES string of the molecule is CN(C)C(=O)N1CC[CH]CC1. The monoisotopic (exact) mass is 155 g/mol. The molecule has 63 valence electrons. The van der Waals surface area contributed by atoms with Gasteiger partial charge in [0.2, 0.25) is 0 Å². The van der Waals surface area contributed by atoms with Crippen molar-refractivity contribution >= 4 is 6.03 Å². The molecule has 0 bridgehead atoms. The molecule has 0 aliphatic carbocycles. The van der Waals surface area contributed by atoms with E-state index in [4.69, 9.17) is 0 Å². The van der Waals surface area contributed by atoms with Crippen LogP contribution in [-0.4, -0.2) is 43.0 Å². The van der Waals surface area contributed by atoms with Gasteiger partial charge in [0.25, 0.3) is 0 Å². The van der Waals surface area contributed by atoms with Crippen molar-refractivity contribution in [2.75, 3.05) is 27.2 Å². The van der Waals surface area contributed by atoms with Gasteiger partial charge in [0.15, 0.2) is 0 Å². The number of urea groups is 1. The van der Waals surface area contributed by atoms with Crippen molar-refractivity contribution in [2.24, 2.45) is 0 Å². The van der Waals surface area contributed by atoms with E-state index < -0.39 is 0 Å². The minimum atomic E-state index is 0.137. The van der Waals surface area contributed by atoms with Crippen LogP contribution in [0.1, 0.15) is 12.8 Å². The number of hydrogen-bond acceptors (Lipinski definition) is 1. The molecule has 0 aromatic heterocycles. The van der Waals surface area contributed by atoms with Crippen molar-refractivity contribution in [3.63, 3.8) is 0 Å². The molecule has 1 radical (unpaired) electrons. The summed E-state index contributed by atoms with van der Waals surface area (Å²) in [7, 11) is 3.58. The van der Waals surface area contributed by atoms with Gasteiger partial charge in [-0.25, -0.2) is 4.79 Å². The summed E-state index contributed by atoms with van der Waals surface area (Å²) >= 11 is 0. The van der Waals surface area contributed by atoms with Gasteiger partial charge >= 0.3 is 6.03 Å². The van der Waals surface area contributed by atoms with Gasteiger partial charge in [-0.05, 0) is 19.3 Å². The van der Waals surface area contributed by atoms with E-state index in [9.17, 15) is 4.79 Å². The molecule has 0 atom stereocenters. The van der Waals surface area contributed by atoms with Gasteiger partial charge in [0.05, 0.1) is 0 Å². The summed E-state index contributed by atoms with van der Waals surface area (Å²) in [6.07, 6.45) is 4.32. The highest BCUT2D eigenvalue weighted by Gasteiger charge is 2.17. The molecule has 1 aliphatic heterocycles. The van der Waals surface area contributed by atoms with Crippen LogP contribution >= 0.6 is 0 Å². The molecule has 1 saturated heterocycles. The minimum absolute atomic E-state index is 0.137. The van der Waals surface area contributed by atoms with E-state index in [0.717, 1.165) is 25.9 Å². The van der Waals surface area contributed by atoms with Crippen LogP contribution in [0.25, 0.3) is 0 Å². The first kappa shape index (κ1) is 8.37. The lowest BCUT2D eigenvalue weighted by Crippen LogP contribution is -2.42. The average molecular weight is 155 g/mol. The smallest absolute Gasteiger partial charge is 0.319 e. The van der Waals surface area contributed by atoms with E-state index in [1.165, 1.54) is 0 Å². The number of amides is 2. The fraction of sp³-hybridized carbons (Fsp3) is 0.750. The fourth-order valence-corrected chi connectivity index (χ4v) is 1.22. The third kappa shape index (κ3) is 2.10. The summed E-state index contributed by atoms with van der Waals surface area (Å²) < 4.78 is 0. The zero-order chi connectivity index (χ0) is 8.27. The first-order valence-corrected chi connectivity index (χ1v) is 3.99. The van der Waals surface area contributed by atoms with Crippen molar-refractivity contribution < 1.29 is 4.79 Å². The molecule has 3 nitrogen and oxygen atoms in total. The largest absolute Gasteiger partial charge is 0.331 e. The van der Waals surface area contributed by atoms with Gasteiger partial charge in [-0.3, -0.25) is 0 Å². The van der Waals surface area contributed by atoms with Gasteiger partial charge in [0, 0.05) is 27.2 Å². The lowest BCUT2D eigenvalue weighted by atomic mass is 10.1. The Morgan fingerprint density at radius 2 is 1.91 bits per heavy atom. The van der Waals surface area contributed by atoms with Crippen molar-refractivity contribution in [1.82, 2.24) is 9.80 Å². The quantitative estimate of drug-likeness (QED) is 0.511. The maximum atomic E-state index is 11.3. The average Bonchev–Trinajstić information content (AvgIpc) is 2.05.